The summed E-state index contributed by atoms with van der Waals surface area (Å²) < 4.78 is 15.2. The van der Waals surface area contributed by atoms with E-state index in [-0.39, 0.29) is 0 Å². The average molecular weight is 515 g/mol. The second-order valence-corrected chi connectivity index (χ2v) is 10.2. The van der Waals surface area contributed by atoms with Gasteiger partial charge < -0.3 is 14.0 Å². The van der Waals surface area contributed by atoms with E-state index in [1.165, 1.54) is 21.8 Å². The summed E-state index contributed by atoms with van der Waals surface area (Å²) >= 11 is 0. The molecule has 0 saturated heterocycles. The molecule has 2 aliphatic rings. The van der Waals surface area contributed by atoms with E-state index >= 15 is 0 Å². The Morgan fingerprint density at radius 1 is 0.450 bits per heavy atom. The number of para-hydroxylation sites is 6. The van der Waals surface area contributed by atoms with Crippen molar-refractivity contribution in [2.24, 2.45) is 0 Å². The van der Waals surface area contributed by atoms with E-state index in [2.05, 4.69) is 107 Å². The molecule has 1 aromatic heterocycles. The standard InChI is InChI=1S/C36H22N2O2/c1-3-12-28-26(9-1)27-10-2-4-13-29(27)37(28)24-21-19-23(20-22-24)25-11-7-15-31-36(25)40-34-18-8-17-33-35(34)38(31)30-14-5-6-16-32(30)39-33/h1-22H. The third-order valence-electron chi connectivity index (χ3n) is 7.98. The van der Waals surface area contributed by atoms with Gasteiger partial charge in [-0.25, -0.2) is 0 Å². The van der Waals surface area contributed by atoms with Gasteiger partial charge in [-0.15, -0.1) is 0 Å². The van der Waals surface area contributed by atoms with E-state index in [9.17, 15) is 0 Å². The van der Waals surface area contributed by atoms with Gasteiger partial charge in [0, 0.05) is 22.0 Å². The minimum Gasteiger partial charge on any atom is -0.453 e. The number of hydrogen-bond donors (Lipinski definition) is 0. The molecule has 0 N–H and O–H groups in total. The molecule has 0 saturated carbocycles. The molecule has 6 aromatic carbocycles. The monoisotopic (exact) mass is 514 g/mol. The van der Waals surface area contributed by atoms with Crippen LogP contribution in [0, 0.1) is 0 Å². The van der Waals surface area contributed by atoms with Crippen LogP contribution in [0.15, 0.2) is 133 Å². The van der Waals surface area contributed by atoms with Crippen molar-refractivity contribution in [3.63, 3.8) is 0 Å². The van der Waals surface area contributed by atoms with Gasteiger partial charge >= 0.3 is 0 Å². The van der Waals surface area contributed by atoms with Gasteiger partial charge in [0.25, 0.3) is 0 Å². The number of hydrogen-bond acceptors (Lipinski definition) is 3. The van der Waals surface area contributed by atoms with Crippen molar-refractivity contribution in [1.29, 1.82) is 0 Å². The van der Waals surface area contributed by atoms with Crippen LogP contribution < -0.4 is 14.4 Å². The zero-order valence-electron chi connectivity index (χ0n) is 21.4. The molecule has 0 bridgehead atoms. The van der Waals surface area contributed by atoms with Gasteiger partial charge in [0.15, 0.2) is 23.0 Å². The van der Waals surface area contributed by atoms with Crippen LogP contribution in [0.4, 0.5) is 17.1 Å². The Balaban J connectivity index is 1.20. The smallest absolute Gasteiger partial charge is 0.159 e. The average Bonchev–Trinajstić information content (AvgIpc) is 3.35. The lowest BCUT2D eigenvalue weighted by molar-refractivity contribution is 0.447. The summed E-state index contributed by atoms with van der Waals surface area (Å²) in [6.45, 7) is 0. The van der Waals surface area contributed by atoms with E-state index in [0.29, 0.717) is 0 Å². The second-order valence-electron chi connectivity index (χ2n) is 10.2. The summed E-state index contributed by atoms with van der Waals surface area (Å²) in [4.78, 5) is 2.26. The van der Waals surface area contributed by atoms with Crippen LogP contribution >= 0.6 is 0 Å². The topological polar surface area (TPSA) is 26.6 Å². The Hall–Kier alpha value is -5.48. The lowest BCUT2D eigenvalue weighted by Gasteiger charge is -2.38. The van der Waals surface area contributed by atoms with Crippen molar-refractivity contribution in [2.75, 3.05) is 4.90 Å². The first-order valence-electron chi connectivity index (χ1n) is 13.4. The molecule has 0 atom stereocenters. The predicted molar refractivity (Wildman–Crippen MR) is 161 cm³/mol. The van der Waals surface area contributed by atoms with Crippen molar-refractivity contribution in [3.05, 3.63) is 133 Å². The molecule has 7 aromatic rings. The van der Waals surface area contributed by atoms with Gasteiger partial charge in [-0.1, -0.05) is 78.9 Å². The fourth-order valence-electron chi connectivity index (χ4n) is 6.24. The van der Waals surface area contributed by atoms with Crippen LogP contribution in [0.1, 0.15) is 0 Å². The first kappa shape index (κ1) is 21.5. The highest BCUT2D eigenvalue weighted by atomic mass is 16.5. The largest absolute Gasteiger partial charge is 0.453 e. The normalized spacial score (nSPS) is 12.8. The van der Waals surface area contributed by atoms with Crippen LogP contribution in [-0.4, -0.2) is 4.57 Å². The van der Waals surface area contributed by atoms with Crippen LogP contribution in [0.25, 0.3) is 38.6 Å². The van der Waals surface area contributed by atoms with E-state index in [4.69, 9.17) is 9.47 Å². The molecule has 0 radical (unpaired) electrons. The fourth-order valence-corrected chi connectivity index (χ4v) is 6.24. The van der Waals surface area contributed by atoms with Crippen molar-refractivity contribution in [3.8, 4) is 39.8 Å². The lowest BCUT2D eigenvalue weighted by atomic mass is 10.00. The molecule has 2 aliphatic heterocycles. The second kappa shape index (κ2) is 8.01. The van der Waals surface area contributed by atoms with Crippen molar-refractivity contribution in [1.82, 2.24) is 4.57 Å². The molecular weight excluding hydrogens is 492 g/mol. The molecule has 0 amide bonds. The maximum Gasteiger partial charge on any atom is 0.159 e. The van der Waals surface area contributed by atoms with Crippen LogP contribution in [0.5, 0.6) is 23.0 Å². The number of benzene rings is 6. The Morgan fingerprint density at radius 2 is 1.05 bits per heavy atom. The Bertz CT molecular complexity index is 2070. The molecule has 0 spiro atoms. The number of rotatable bonds is 2. The minimum atomic E-state index is 0.786. The summed E-state index contributed by atoms with van der Waals surface area (Å²) in [7, 11) is 0. The molecule has 4 nitrogen and oxygen atoms in total. The quantitative estimate of drug-likeness (QED) is 0.230. The number of anilines is 3. The number of ether oxygens (including phenoxy) is 2. The third-order valence-corrected chi connectivity index (χ3v) is 7.98. The zero-order chi connectivity index (χ0) is 26.2. The van der Waals surface area contributed by atoms with E-state index in [1.807, 2.05) is 36.4 Å². The number of fused-ring (bicyclic) bond motifs is 7. The molecular formula is C36H22N2O2. The van der Waals surface area contributed by atoms with Crippen LogP contribution in [0.2, 0.25) is 0 Å². The predicted octanol–water partition coefficient (Wildman–Crippen LogP) is 10.1. The van der Waals surface area contributed by atoms with Gasteiger partial charge in [-0.2, -0.15) is 0 Å². The molecule has 40 heavy (non-hydrogen) atoms. The minimum absolute atomic E-state index is 0.786. The molecule has 0 aliphatic carbocycles. The van der Waals surface area contributed by atoms with Gasteiger partial charge in [0.2, 0.25) is 0 Å². The van der Waals surface area contributed by atoms with Gasteiger partial charge in [0.05, 0.1) is 22.4 Å². The van der Waals surface area contributed by atoms with E-state index < -0.39 is 0 Å². The number of aromatic nitrogens is 1. The van der Waals surface area contributed by atoms with Gasteiger partial charge in [-0.05, 0) is 60.2 Å². The summed E-state index contributed by atoms with van der Waals surface area (Å²) in [6, 6.07) is 46.5. The summed E-state index contributed by atoms with van der Waals surface area (Å²) in [5.74, 6) is 3.26. The highest BCUT2D eigenvalue weighted by Crippen LogP contribution is 2.60. The number of nitrogens with zero attached hydrogens (tertiary/aromatic N) is 2. The van der Waals surface area contributed by atoms with E-state index in [1.54, 1.807) is 0 Å². The van der Waals surface area contributed by atoms with Gasteiger partial charge in [-0.3, -0.25) is 4.90 Å². The maximum absolute atomic E-state index is 6.62. The van der Waals surface area contributed by atoms with E-state index in [0.717, 1.165) is 56.9 Å². The molecule has 4 heteroatoms. The molecule has 188 valence electrons. The zero-order valence-corrected chi connectivity index (χ0v) is 21.4. The van der Waals surface area contributed by atoms with Crippen molar-refractivity contribution < 1.29 is 9.47 Å². The third kappa shape index (κ3) is 2.90. The first-order valence-corrected chi connectivity index (χ1v) is 13.4. The summed E-state index contributed by atoms with van der Waals surface area (Å²) in [6.07, 6.45) is 0. The summed E-state index contributed by atoms with van der Waals surface area (Å²) in [5.41, 5.74) is 8.63. The van der Waals surface area contributed by atoms with Crippen molar-refractivity contribution >= 4 is 38.9 Å². The van der Waals surface area contributed by atoms with Crippen LogP contribution in [-0.2, 0) is 0 Å². The Kier molecular flexibility index (Phi) is 4.30. The molecule has 9 rings (SSSR count). The Morgan fingerprint density at radius 3 is 1.82 bits per heavy atom. The fraction of sp³-hybridized carbons (Fsp3) is 0. The highest BCUT2D eigenvalue weighted by molar-refractivity contribution is 6.09. The molecule has 0 unspecified atom stereocenters. The van der Waals surface area contributed by atoms with Crippen molar-refractivity contribution in [2.45, 2.75) is 0 Å². The lowest BCUT2D eigenvalue weighted by Crippen LogP contribution is -2.20. The first-order chi connectivity index (χ1) is 19.8. The highest BCUT2D eigenvalue weighted by Gasteiger charge is 2.35. The van der Waals surface area contributed by atoms with Crippen LogP contribution in [0.3, 0.4) is 0 Å². The molecule has 3 heterocycles. The SMILES string of the molecule is c1ccc2c(c1)Oc1cccc3c1N2c1cccc(-c2ccc(-n4c5ccccc5c5ccccc54)cc2)c1O3. The van der Waals surface area contributed by atoms with Gasteiger partial charge in [0.1, 0.15) is 5.69 Å². The summed E-state index contributed by atoms with van der Waals surface area (Å²) in [5, 5.41) is 2.52. The Labute approximate surface area is 230 Å². The molecule has 0 fully saturated rings. The maximum atomic E-state index is 6.62.